The minimum atomic E-state index is -0.591. The number of ether oxygens (including phenoxy) is 2. The van der Waals surface area contributed by atoms with Gasteiger partial charge in [-0.2, -0.15) is 0 Å². The summed E-state index contributed by atoms with van der Waals surface area (Å²) in [4.78, 5) is 25.0. The fourth-order valence-electron chi connectivity index (χ4n) is 4.33. The molecule has 4 rings (SSSR count). The summed E-state index contributed by atoms with van der Waals surface area (Å²) in [6, 6.07) is 3.37. The zero-order valence-corrected chi connectivity index (χ0v) is 16.4. The highest BCUT2D eigenvalue weighted by Crippen LogP contribution is 2.47. The number of carbonyl (C=O) groups excluding carboxylic acids is 1. The molecule has 0 radical (unpaired) electrons. The summed E-state index contributed by atoms with van der Waals surface area (Å²) >= 11 is 0. The Kier molecular flexibility index (Phi) is 4.65. The van der Waals surface area contributed by atoms with E-state index in [1.165, 1.54) is 6.07 Å². The van der Waals surface area contributed by atoms with Gasteiger partial charge in [0.05, 0.1) is 18.9 Å². The predicted octanol–water partition coefficient (Wildman–Crippen LogP) is 3.48. The number of aromatic hydroxyl groups is 1. The first-order chi connectivity index (χ1) is 13.4. The van der Waals surface area contributed by atoms with Crippen LogP contribution in [0.25, 0.3) is 11.3 Å². The lowest BCUT2D eigenvalue weighted by molar-refractivity contribution is 0.0523. The molecule has 148 valence electrons. The lowest BCUT2D eigenvalue weighted by Gasteiger charge is -2.35. The maximum Gasteiger partial charge on any atom is 0.343 e. The molecule has 1 atom stereocenters. The van der Waals surface area contributed by atoms with Crippen LogP contribution in [0.3, 0.4) is 0 Å². The Hall–Kier alpha value is -2.76. The molecule has 0 aliphatic carbocycles. The molecule has 1 aromatic carbocycles. The molecule has 2 aromatic rings. The molecule has 1 N–H and O–H groups in total. The number of carbonyl (C=O) groups is 1. The quantitative estimate of drug-likeness (QED) is 0.821. The Morgan fingerprint density at radius 3 is 2.89 bits per heavy atom. The number of rotatable bonds is 3. The van der Waals surface area contributed by atoms with Gasteiger partial charge >= 0.3 is 5.97 Å². The van der Waals surface area contributed by atoms with Crippen LogP contribution in [0.2, 0.25) is 0 Å². The second kappa shape index (κ2) is 7.00. The van der Waals surface area contributed by atoms with Gasteiger partial charge in [0.1, 0.15) is 5.56 Å². The van der Waals surface area contributed by atoms with Crippen molar-refractivity contribution < 1.29 is 19.4 Å². The fraction of sp³-hybridized carbons (Fsp3) is 0.455. The van der Waals surface area contributed by atoms with Gasteiger partial charge in [0.15, 0.2) is 16.9 Å². The molecule has 6 heteroatoms. The van der Waals surface area contributed by atoms with Gasteiger partial charge < -0.3 is 19.1 Å². The molecular weight excluding hydrogens is 358 g/mol. The number of phenols is 1. The molecule has 0 bridgehead atoms. The minimum absolute atomic E-state index is 0.0589. The van der Waals surface area contributed by atoms with Crippen LogP contribution in [-0.2, 0) is 17.6 Å². The summed E-state index contributed by atoms with van der Waals surface area (Å²) in [6.45, 7) is 6.74. The number of hydrogen-bond donors (Lipinski definition) is 1. The van der Waals surface area contributed by atoms with Gasteiger partial charge in [-0.25, -0.2) is 4.79 Å². The number of nitrogens with zero attached hydrogens (tertiary/aromatic N) is 1. The number of fused-ring (bicyclic) bond motifs is 5. The molecule has 0 saturated carbocycles. The van der Waals surface area contributed by atoms with E-state index in [1.807, 2.05) is 4.57 Å². The number of esters is 1. The molecule has 2 aliphatic heterocycles. The van der Waals surface area contributed by atoms with Gasteiger partial charge in [0.2, 0.25) is 0 Å². The third-order valence-corrected chi connectivity index (χ3v) is 5.65. The highest BCUT2D eigenvalue weighted by atomic mass is 16.5. The van der Waals surface area contributed by atoms with Crippen molar-refractivity contribution >= 4 is 5.97 Å². The van der Waals surface area contributed by atoms with E-state index in [2.05, 4.69) is 13.8 Å². The summed E-state index contributed by atoms with van der Waals surface area (Å²) in [7, 11) is 0. The monoisotopic (exact) mass is 383 g/mol. The van der Waals surface area contributed by atoms with E-state index in [4.69, 9.17) is 9.47 Å². The van der Waals surface area contributed by atoms with Gasteiger partial charge in [-0.15, -0.1) is 0 Å². The van der Waals surface area contributed by atoms with E-state index in [-0.39, 0.29) is 35.3 Å². The van der Waals surface area contributed by atoms with E-state index in [0.717, 1.165) is 35.2 Å². The van der Waals surface area contributed by atoms with Crippen LogP contribution in [0, 0.1) is 5.92 Å². The van der Waals surface area contributed by atoms with Crippen molar-refractivity contribution in [2.75, 3.05) is 13.2 Å². The molecular formula is C22H25NO5. The first kappa shape index (κ1) is 18.6. The van der Waals surface area contributed by atoms with Gasteiger partial charge in [0.25, 0.3) is 0 Å². The van der Waals surface area contributed by atoms with Gasteiger partial charge in [0, 0.05) is 29.4 Å². The number of benzene rings is 1. The summed E-state index contributed by atoms with van der Waals surface area (Å²) in [6.07, 6.45) is 4.01. The molecule has 1 aromatic heterocycles. The first-order valence-electron chi connectivity index (χ1n) is 9.86. The van der Waals surface area contributed by atoms with Gasteiger partial charge in [-0.05, 0) is 43.7 Å². The van der Waals surface area contributed by atoms with Crippen LogP contribution in [0.1, 0.15) is 54.7 Å². The summed E-state index contributed by atoms with van der Waals surface area (Å²) < 4.78 is 12.8. The van der Waals surface area contributed by atoms with Crippen molar-refractivity contribution in [1.82, 2.24) is 4.57 Å². The topological polar surface area (TPSA) is 77.8 Å². The Morgan fingerprint density at radius 2 is 2.18 bits per heavy atom. The predicted molar refractivity (Wildman–Crippen MR) is 105 cm³/mol. The van der Waals surface area contributed by atoms with Gasteiger partial charge in [-0.1, -0.05) is 13.8 Å². The minimum Gasteiger partial charge on any atom is -0.504 e. The number of aromatic nitrogens is 1. The Balaban J connectivity index is 1.98. The van der Waals surface area contributed by atoms with Crippen LogP contribution >= 0.6 is 0 Å². The Labute approximate surface area is 163 Å². The molecule has 0 spiro atoms. The summed E-state index contributed by atoms with van der Waals surface area (Å²) in [5.41, 5.74) is 3.41. The second-order valence-electron chi connectivity index (χ2n) is 7.77. The van der Waals surface area contributed by atoms with Crippen LogP contribution in [0.5, 0.6) is 11.5 Å². The zero-order valence-electron chi connectivity index (χ0n) is 16.4. The molecule has 0 amide bonds. The van der Waals surface area contributed by atoms with Crippen molar-refractivity contribution in [1.29, 1.82) is 0 Å². The Bertz CT molecular complexity index is 1000. The molecule has 0 saturated heterocycles. The largest absolute Gasteiger partial charge is 0.504 e. The summed E-state index contributed by atoms with van der Waals surface area (Å²) in [5.74, 6) is 0.363. The molecule has 28 heavy (non-hydrogen) atoms. The maximum atomic E-state index is 12.7. The van der Waals surface area contributed by atoms with E-state index >= 15 is 0 Å². The standard InChI is InChI=1S/C22H25NO5/c1-4-27-22(26)15-11-23-16(12(2)3)8-13-9-19(25)21-14(6-5-7-28-21)20(13)17(23)10-18(15)24/h9-12,16,25H,4-8H2,1-3H3. The highest BCUT2D eigenvalue weighted by Gasteiger charge is 2.32. The maximum absolute atomic E-state index is 12.7. The van der Waals surface area contributed by atoms with Crippen LogP contribution in [0.15, 0.2) is 23.1 Å². The second-order valence-corrected chi connectivity index (χ2v) is 7.77. The van der Waals surface area contributed by atoms with E-state index in [1.54, 1.807) is 19.2 Å². The average Bonchev–Trinajstić information content (AvgIpc) is 2.66. The van der Waals surface area contributed by atoms with Crippen LogP contribution in [0.4, 0.5) is 0 Å². The lowest BCUT2D eigenvalue weighted by Crippen LogP contribution is -2.29. The number of hydrogen-bond acceptors (Lipinski definition) is 5. The molecule has 0 fully saturated rings. The third kappa shape index (κ3) is 2.87. The van der Waals surface area contributed by atoms with Crippen molar-refractivity contribution in [2.45, 2.75) is 46.1 Å². The van der Waals surface area contributed by atoms with Gasteiger partial charge in [-0.3, -0.25) is 4.79 Å². The first-order valence-corrected chi connectivity index (χ1v) is 9.86. The third-order valence-electron chi connectivity index (χ3n) is 5.65. The fourth-order valence-corrected chi connectivity index (χ4v) is 4.33. The van der Waals surface area contributed by atoms with E-state index in [0.29, 0.717) is 18.8 Å². The smallest absolute Gasteiger partial charge is 0.343 e. The SMILES string of the molecule is CCOC(=O)c1cn2c(cc1=O)-c1c(cc(O)c3c1CCCO3)CC2C(C)C. The number of phenolic OH excluding ortho intramolecular Hbond substituents is 1. The molecule has 2 aliphatic rings. The van der Waals surface area contributed by atoms with E-state index < -0.39 is 5.97 Å². The van der Waals surface area contributed by atoms with Crippen LogP contribution < -0.4 is 10.2 Å². The zero-order chi connectivity index (χ0) is 20.0. The summed E-state index contributed by atoms with van der Waals surface area (Å²) in [5, 5.41) is 10.5. The molecule has 6 nitrogen and oxygen atoms in total. The molecule has 1 unspecified atom stereocenters. The Morgan fingerprint density at radius 1 is 1.39 bits per heavy atom. The van der Waals surface area contributed by atoms with Crippen molar-refractivity contribution in [3.05, 3.63) is 45.2 Å². The highest BCUT2D eigenvalue weighted by molar-refractivity contribution is 5.89. The van der Waals surface area contributed by atoms with Crippen molar-refractivity contribution in [2.24, 2.45) is 5.92 Å². The van der Waals surface area contributed by atoms with E-state index in [9.17, 15) is 14.7 Å². The van der Waals surface area contributed by atoms with Crippen LogP contribution in [-0.4, -0.2) is 28.9 Å². The average molecular weight is 383 g/mol. The normalized spacial score (nSPS) is 17.4. The molecule has 3 heterocycles. The van der Waals surface area contributed by atoms with Crippen molar-refractivity contribution in [3.8, 4) is 22.8 Å². The van der Waals surface area contributed by atoms with Crippen molar-refractivity contribution in [3.63, 3.8) is 0 Å². The number of pyridine rings is 1. The lowest BCUT2D eigenvalue weighted by atomic mass is 9.83.